The zero-order chi connectivity index (χ0) is 29.8. The van der Waals surface area contributed by atoms with Crippen molar-refractivity contribution in [1.29, 1.82) is 0 Å². The average molecular weight is 580 g/mol. The first kappa shape index (κ1) is 28.4. The largest absolute Gasteiger partial charge is 0.493 e. The standard InChI is InChI=1S/C33H37N7O3/c1-39-19-27(18-37-39)26-16-30(31(34)36-17-26)32(41)38-28-12-15-40(20-28)33(42)25-4-2-23(3-5-25)24-6-8-29(9-7-24)43-21-22-10-13-35-14-11-22/h2-9,16-19,22,28,35H,10-15,20-21H2,1H3,(H2,34,36)(H,38,41)/t28-/m1/s1. The molecule has 2 fully saturated rings. The molecule has 0 radical (unpaired) electrons. The number of nitrogen functional groups attached to an aromatic ring is 1. The van der Waals surface area contributed by atoms with Gasteiger partial charge in [-0.1, -0.05) is 24.3 Å². The van der Waals surface area contributed by atoms with Crippen LogP contribution in [0.1, 0.15) is 40.0 Å². The minimum absolute atomic E-state index is 0.0512. The number of rotatable bonds is 8. The smallest absolute Gasteiger partial charge is 0.255 e. The van der Waals surface area contributed by atoms with Gasteiger partial charge in [-0.2, -0.15) is 5.10 Å². The van der Waals surface area contributed by atoms with Crippen molar-refractivity contribution in [2.24, 2.45) is 13.0 Å². The molecule has 2 aliphatic rings. The number of hydrogen-bond acceptors (Lipinski definition) is 7. The number of nitrogens with two attached hydrogens (primary N) is 1. The highest BCUT2D eigenvalue weighted by Gasteiger charge is 2.29. The van der Waals surface area contributed by atoms with Gasteiger partial charge in [0.25, 0.3) is 11.8 Å². The second kappa shape index (κ2) is 12.7. The Hall–Kier alpha value is -4.70. The monoisotopic (exact) mass is 579 g/mol. The maximum Gasteiger partial charge on any atom is 0.255 e. The third kappa shape index (κ3) is 6.70. The van der Waals surface area contributed by atoms with Crippen LogP contribution in [0.25, 0.3) is 22.3 Å². The second-order valence-corrected chi connectivity index (χ2v) is 11.4. The first-order valence-electron chi connectivity index (χ1n) is 14.8. The molecule has 222 valence electrons. The fraction of sp³-hybridized carbons (Fsp3) is 0.333. The van der Waals surface area contributed by atoms with Gasteiger partial charge in [0.15, 0.2) is 0 Å². The molecule has 0 spiro atoms. The number of nitrogens with one attached hydrogen (secondary N) is 2. The van der Waals surface area contributed by atoms with E-state index in [1.807, 2.05) is 49.6 Å². The van der Waals surface area contributed by atoms with Crippen molar-refractivity contribution in [3.8, 4) is 28.0 Å². The number of carbonyl (C=O) groups excluding carboxylic acids is 2. The molecule has 2 aliphatic heterocycles. The van der Waals surface area contributed by atoms with Crippen LogP contribution in [0.15, 0.2) is 73.2 Å². The molecule has 43 heavy (non-hydrogen) atoms. The lowest BCUT2D eigenvalue weighted by Crippen LogP contribution is -2.38. The Kier molecular flexibility index (Phi) is 8.37. The lowest BCUT2D eigenvalue weighted by Gasteiger charge is -2.22. The summed E-state index contributed by atoms with van der Waals surface area (Å²) in [5.41, 5.74) is 10.7. The van der Waals surface area contributed by atoms with E-state index in [4.69, 9.17) is 10.5 Å². The molecule has 0 bridgehead atoms. The summed E-state index contributed by atoms with van der Waals surface area (Å²) in [7, 11) is 1.83. The molecule has 0 unspecified atom stereocenters. The molecule has 0 aliphatic carbocycles. The van der Waals surface area contributed by atoms with Crippen LogP contribution in [-0.2, 0) is 7.05 Å². The number of carbonyl (C=O) groups is 2. The molecule has 2 aromatic carbocycles. The van der Waals surface area contributed by atoms with Crippen molar-refractivity contribution in [3.63, 3.8) is 0 Å². The number of benzene rings is 2. The van der Waals surface area contributed by atoms with Gasteiger partial charge in [-0.3, -0.25) is 14.3 Å². The van der Waals surface area contributed by atoms with Gasteiger partial charge in [0.1, 0.15) is 11.6 Å². The van der Waals surface area contributed by atoms with E-state index in [0.29, 0.717) is 36.6 Å². The summed E-state index contributed by atoms with van der Waals surface area (Å²) in [6.07, 6.45) is 8.17. The van der Waals surface area contributed by atoms with Gasteiger partial charge in [-0.15, -0.1) is 0 Å². The van der Waals surface area contributed by atoms with Crippen LogP contribution in [0.2, 0.25) is 0 Å². The molecule has 10 heteroatoms. The lowest BCUT2D eigenvalue weighted by molar-refractivity contribution is 0.0783. The van der Waals surface area contributed by atoms with Gasteiger partial charge in [0.2, 0.25) is 0 Å². The quantitative estimate of drug-likeness (QED) is 0.290. The van der Waals surface area contributed by atoms with Crippen molar-refractivity contribution >= 4 is 17.6 Å². The predicted octanol–water partition coefficient (Wildman–Crippen LogP) is 3.75. The summed E-state index contributed by atoms with van der Waals surface area (Å²) >= 11 is 0. The molecule has 0 saturated carbocycles. The van der Waals surface area contributed by atoms with E-state index in [9.17, 15) is 9.59 Å². The highest BCUT2D eigenvalue weighted by Crippen LogP contribution is 2.25. The van der Waals surface area contributed by atoms with Crippen molar-refractivity contribution < 1.29 is 14.3 Å². The molecule has 2 saturated heterocycles. The normalized spacial score (nSPS) is 17.1. The summed E-state index contributed by atoms with van der Waals surface area (Å²) in [6.45, 7) is 3.88. The van der Waals surface area contributed by atoms with Crippen molar-refractivity contribution in [3.05, 3.63) is 84.3 Å². The Morgan fingerprint density at radius 2 is 1.70 bits per heavy atom. The summed E-state index contributed by atoms with van der Waals surface area (Å²) < 4.78 is 7.70. The summed E-state index contributed by atoms with van der Waals surface area (Å²) in [5, 5.41) is 10.6. The van der Waals surface area contributed by atoms with Gasteiger partial charge < -0.3 is 26.0 Å². The molecule has 4 aromatic rings. The fourth-order valence-corrected chi connectivity index (χ4v) is 5.70. The van der Waals surface area contributed by atoms with Crippen LogP contribution in [0.5, 0.6) is 5.75 Å². The third-order valence-corrected chi connectivity index (χ3v) is 8.28. The van der Waals surface area contributed by atoms with E-state index in [-0.39, 0.29) is 23.7 Å². The van der Waals surface area contributed by atoms with Crippen molar-refractivity contribution in [2.75, 3.05) is 38.5 Å². The zero-order valence-corrected chi connectivity index (χ0v) is 24.3. The fourth-order valence-electron chi connectivity index (χ4n) is 5.70. The highest BCUT2D eigenvalue weighted by molar-refractivity contribution is 6.00. The van der Waals surface area contributed by atoms with Gasteiger partial charge in [-0.25, -0.2) is 4.98 Å². The number of amides is 2. The van der Waals surface area contributed by atoms with E-state index >= 15 is 0 Å². The van der Waals surface area contributed by atoms with E-state index < -0.39 is 0 Å². The summed E-state index contributed by atoms with van der Waals surface area (Å²) in [6, 6.07) is 17.3. The number of aromatic nitrogens is 3. The summed E-state index contributed by atoms with van der Waals surface area (Å²) in [5.74, 6) is 1.30. The topological polar surface area (TPSA) is 127 Å². The number of aryl methyl sites for hydroxylation is 1. The first-order chi connectivity index (χ1) is 20.9. The van der Waals surface area contributed by atoms with E-state index in [0.717, 1.165) is 60.5 Å². The van der Waals surface area contributed by atoms with Gasteiger partial charge >= 0.3 is 0 Å². The van der Waals surface area contributed by atoms with E-state index in [1.54, 1.807) is 28.0 Å². The Morgan fingerprint density at radius 1 is 0.977 bits per heavy atom. The van der Waals surface area contributed by atoms with Gasteiger partial charge in [0, 0.05) is 55.3 Å². The number of ether oxygens (including phenoxy) is 1. The summed E-state index contributed by atoms with van der Waals surface area (Å²) in [4.78, 5) is 32.3. The third-order valence-electron chi connectivity index (χ3n) is 8.28. The maximum absolute atomic E-state index is 13.3. The zero-order valence-electron chi connectivity index (χ0n) is 24.3. The predicted molar refractivity (Wildman–Crippen MR) is 166 cm³/mol. The Labute approximate surface area is 251 Å². The van der Waals surface area contributed by atoms with Crippen LogP contribution in [0.4, 0.5) is 5.82 Å². The molecule has 1 atom stereocenters. The molecule has 2 amide bonds. The van der Waals surface area contributed by atoms with Gasteiger partial charge in [0.05, 0.1) is 18.4 Å². The van der Waals surface area contributed by atoms with E-state index in [2.05, 4.69) is 32.8 Å². The Bertz CT molecular complexity index is 1580. The minimum Gasteiger partial charge on any atom is -0.493 e. The highest BCUT2D eigenvalue weighted by atomic mass is 16.5. The molecule has 4 N–H and O–H groups in total. The SMILES string of the molecule is Cn1cc(-c2cnc(N)c(C(=O)N[C@@H]3CCN(C(=O)c4ccc(-c5ccc(OCC6CCNCC6)cc5)cc4)C3)c2)cn1. The molecule has 10 nitrogen and oxygen atoms in total. The van der Waals surface area contributed by atoms with Crippen molar-refractivity contribution in [1.82, 2.24) is 30.3 Å². The van der Waals surface area contributed by atoms with Crippen LogP contribution in [0, 0.1) is 5.92 Å². The lowest BCUT2D eigenvalue weighted by atomic mass is 9.99. The Morgan fingerprint density at radius 3 is 2.40 bits per heavy atom. The first-order valence-corrected chi connectivity index (χ1v) is 14.8. The molecule has 4 heterocycles. The van der Waals surface area contributed by atoms with Crippen molar-refractivity contribution in [2.45, 2.75) is 25.3 Å². The average Bonchev–Trinajstić information content (AvgIpc) is 3.70. The number of pyridine rings is 1. The molecular formula is C33H37N7O3. The van der Waals surface area contributed by atoms with E-state index in [1.165, 1.54) is 0 Å². The van der Waals surface area contributed by atoms with Crippen LogP contribution in [0.3, 0.4) is 0 Å². The number of piperidine rings is 1. The van der Waals surface area contributed by atoms with Crippen LogP contribution < -0.4 is 21.1 Å². The number of nitrogens with zero attached hydrogens (tertiary/aromatic N) is 4. The maximum atomic E-state index is 13.3. The van der Waals surface area contributed by atoms with Crippen LogP contribution in [-0.4, -0.2) is 70.3 Å². The minimum atomic E-state index is -0.304. The van der Waals surface area contributed by atoms with Crippen LogP contribution >= 0.6 is 0 Å². The molecule has 6 rings (SSSR count). The van der Waals surface area contributed by atoms with Gasteiger partial charge in [-0.05, 0) is 79.7 Å². The Balaban J connectivity index is 1.03. The molecular weight excluding hydrogens is 542 g/mol. The number of hydrogen-bond donors (Lipinski definition) is 3. The number of anilines is 1. The number of likely N-dealkylation sites (tertiary alicyclic amines) is 1. The second-order valence-electron chi connectivity index (χ2n) is 11.4. The molecule has 2 aromatic heterocycles.